The van der Waals surface area contributed by atoms with Crippen molar-refractivity contribution in [2.75, 3.05) is 4.72 Å². The van der Waals surface area contributed by atoms with Crippen LogP contribution in [0.3, 0.4) is 0 Å². The highest BCUT2D eigenvalue weighted by atomic mass is 35.5. The van der Waals surface area contributed by atoms with E-state index < -0.39 is 10.0 Å². The van der Waals surface area contributed by atoms with Crippen LogP contribution >= 0.6 is 22.9 Å². The Morgan fingerprint density at radius 2 is 1.86 bits per heavy atom. The molecule has 0 atom stereocenters. The summed E-state index contributed by atoms with van der Waals surface area (Å²) in [4.78, 5) is 10.9. The van der Waals surface area contributed by atoms with E-state index in [1.165, 1.54) is 23.5 Å². The van der Waals surface area contributed by atoms with Gasteiger partial charge in [-0.2, -0.15) is 0 Å². The Morgan fingerprint density at radius 1 is 1.07 bits per heavy atom. The van der Waals surface area contributed by atoms with Gasteiger partial charge in [0, 0.05) is 44.5 Å². The van der Waals surface area contributed by atoms with Crippen molar-refractivity contribution in [2.45, 2.75) is 25.7 Å². The zero-order valence-electron chi connectivity index (χ0n) is 16.0. The number of fused-ring (bicyclic) bond motifs is 1. The Hall–Kier alpha value is -2.48. The first kappa shape index (κ1) is 19.8. The van der Waals surface area contributed by atoms with Gasteiger partial charge in [0.15, 0.2) is 0 Å². The lowest BCUT2D eigenvalue weighted by Gasteiger charge is -2.12. The number of rotatable bonds is 4. The van der Waals surface area contributed by atoms with E-state index in [4.69, 9.17) is 11.6 Å². The number of halogens is 1. The monoisotopic (exact) mass is 443 g/mol. The standard InChI is InChI=1S/C21H18ClN3O2S2/c1-12-7-15(11-23-10-12)19-14(3)28-21-20(19)18(8-13(2)24-21)25-29(26,27)17-6-4-5-16(22)9-17/h4-11H,1-3H3,(H,24,25). The van der Waals surface area contributed by atoms with Gasteiger partial charge in [0.2, 0.25) is 0 Å². The first-order chi connectivity index (χ1) is 13.7. The van der Waals surface area contributed by atoms with Crippen LogP contribution in [0.1, 0.15) is 16.1 Å². The van der Waals surface area contributed by atoms with Gasteiger partial charge >= 0.3 is 0 Å². The minimum Gasteiger partial charge on any atom is -0.279 e. The molecule has 29 heavy (non-hydrogen) atoms. The fraction of sp³-hybridized carbons (Fsp3) is 0.143. The van der Waals surface area contributed by atoms with Gasteiger partial charge in [-0.15, -0.1) is 11.3 Å². The number of sulfonamides is 1. The highest BCUT2D eigenvalue weighted by Gasteiger charge is 2.21. The predicted molar refractivity (Wildman–Crippen MR) is 119 cm³/mol. The van der Waals surface area contributed by atoms with Gasteiger partial charge in [-0.3, -0.25) is 9.71 Å². The van der Waals surface area contributed by atoms with Crippen molar-refractivity contribution in [3.8, 4) is 11.1 Å². The molecular weight excluding hydrogens is 426 g/mol. The van der Waals surface area contributed by atoms with E-state index >= 15 is 0 Å². The van der Waals surface area contributed by atoms with E-state index in [1.54, 1.807) is 30.6 Å². The normalized spacial score (nSPS) is 11.7. The van der Waals surface area contributed by atoms with Gasteiger partial charge in [0.05, 0.1) is 10.6 Å². The zero-order valence-corrected chi connectivity index (χ0v) is 18.4. The van der Waals surface area contributed by atoms with Gasteiger partial charge < -0.3 is 0 Å². The second kappa shape index (κ2) is 7.40. The molecule has 0 saturated carbocycles. The number of nitrogens with zero attached hydrogens (tertiary/aromatic N) is 2. The summed E-state index contributed by atoms with van der Waals surface area (Å²) in [5, 5.41) is 1.14. The predicted octanol–water partition coefficient (Wildman–Crippen LogP) is 5.74. The lowest BCUT2D eigenvalue weighted by molar-refractivity contribution is 0.601. The summed E-state index contributed by atoms with van der Waals surface area (Å²) in [5.41, 5.74) is 4.13. The van der Waals surface area contributed by atoms with Crippen molar-refractivity contribution >= 4 is 48.9 Å². The average Bonchev–Trinajstić information content (AvgIpc) is 2.97. The third kappa shape index (κ3) is 3.85. The van der Waals surface area contributed by atoms with E-state index in [0.717, 1.165) is 37.5 Å². The smallest absolute Gasteiger partial charge is 0.261 e. The maximum Gasteiger partial charge on any atom is 0.261 e. The molecule has 0 aliphatic heterocycles. The summed E-state index contributed by atoms with van der Waals surface area (Å²) in [7, 11) is -3.82. The number of pyridine rings is 2. The minimum atomic E-state index is -3.82. The molecule has 4 aromatic rings. The molecule has 0 fully saturated rings. The Labute approximate surface area is 178 Å². The molecule has 0 radical (unpaired) electrons. The molecule has 0 amide bonds. The summed E-state index contributed by atoms with van der Waals surface area (Å²) in [6.45, 7) is 5.83. The van der Waals surface area contributed by atoms with Crippen molar-refractivity contribution < 1.29 is 8.42 Å². The van der Waals surface area contributed by atoms with Crippen LogP contribution in [0.2, 0.25) is 5.02 Å². The van der Waals surface area contributed by atoms with Crippen molar-refractivity contribution in [3.63, 3.8) is 0 Å². The summed E-state index contributed by atoms with van der Waals surface area (Å²) < 4.78 is 28.8. The average molecular weight is 444 g/mol. The van der Waals surface area contributed by atoms with Crippen LogP contribution in [0, 0.1) is 20.8 Å². The van der Waals surface area contributed by atoms with E-state index in [0.29, 0.717) is 10.7 Å². The molecule has 8 heteroatoms. The van der Waals surface area contributed by atoms with Crippen molar-refractivity contribution in [3.05, 3.63) is 69.9 Å². The van der Waals surface area contributed by atoms with Crippen LogP contribution in [0.25, 0.3) is 21.3 Å². The van der Waals surface area contributed by atoms with Crippen LogP contribution in [0.15, 0.2) is 53.7 Å². The summed E-state index contributed by atoms with van der Waals surface area (Å²) in [5.74, 6) is 0. The fourth-order valence-electron chi connectivity index (χ4n) is 3.29. The van der Waals surface area contributed by atoms with Gasteiger partial charge in [-0.25, -0.2) is 13.4 Å². The number of benzene rings is 1. The van der Waals surface area contributed by atoms with Crippen LogP contribution < -0.4 is 4.72 Å². The van der Waals surface area contributed by atoms with E-state index in [9.17, 15) is 8.42 Å². The molecule has 0 unspecified atom stereocenters. The highest BCUT2D eigenvalue weighted by molar-refractivity contribution is 7.92. The van der Waals surface area contributed by atoms with Gasteiger partial charge in [-0.05, 0) is 56.7 Å². The number of hydrogen-bond donors (Lipinski definition) is 1. The lowest BCUT2D eigenvalue weighted by atomic mass is 10.0. The molecular formula is C21H18ClN3O2S2. The molecule has 1 aromatic carbocycles. The maximum absolute atomic E-state index is 13.0. The van der Waals surface area contributed by atoms with Gasteiger partial charge in [-0.1, -0.05) is 17.7 Å². The first-order valence-corrected chi connectivity index (χ1v) is 11.5. The van der Waals surface area contributed by atoms with Crippen LogP contribution in [0.4, 0.5) is 5.69 Å². The number of aryl methyl sites for hydroxylation is 3. The number of anilines is 1. The molecule has 148 valence electrons. The molecule has 0 saturated heterocycles. The Bertz CT molecular complexity index is 1350. The Kier molecular flexibility index (Phi) is 5.06. The fourth-order valence-corrected chi connectivity index (χ4v) is 5.77. The second-order valence-corrected chi connectivity index (χ2v) is 10.2. The van der Waals surface area contributed by atoms with Crippen molar-refractivity contribution in [1.29, 1.82) is 0 Å². The van der Waals surface area contributed by atoms with Crippen LogP contribution in [-0.2, 0) is 10.0 Å². The summed E-state index contributed by atoms with van der Waals surface area (Å²) in [6.07, 6.45) is 3.58. The topological polar surface area (TPSA) is 72.0 Å². The Balaban J connectivity index is 1.93. The Morgan fingerprint density at radius 3 is 2.59 bits per heavy atom. The lowest BCUT2D eigenvalue weighted by Crippen LogP contribution is -2.13. The third-order valence-electron chi connectivity index (χ3n) is 4.48. The zero-order chi connectivity index (χ0) is 20.8. The molecule has 5 nitrogen and oxygen atoms in total. The minimum absolute atomic E-state index is 0.110. The number of thiophene rings is 1. The van der Waals surface area contributed by atoms with E-state index in [-0.39, 0.29) is 4.90 Å². The highest BCUT2D eigenvalue weighted by Crippen LogP contribution is 2.42. The molecule has 0 aliphatic rings. The largest absolute Gasteiger partial charge is 0.279 e. The summed E-state index contributed by atoms with van der Waals surface area (Å²) in [6, 6.07) is 9.99. The van der Waals surface area contributed by atoms with Crippen LogP contribution in [0.5, 0.6) is 0 Å². The van der Waals surface area contributed by atoms with E-state index in [1.807, 2.05) is 26.8 Å². The van der Waals surface area contributed by atoms with Crippen LogP contribution in [-0.4, -0.2) is 18.4 Å². The quantitative estimate of drug-likeness (QED) is 0.436. The maximum atomic E-state index is 13.0. The molecule has 0 aliphatic carbocycles. The molecule has 3 heterocycles. The number of hydrogen-bond acceptors (Lipinski definition) is 5. The second-order valence-electron chi connectivity index (χ2n) is 6.84. The third-order valence-corrected chi connectivity index (χ3v) is 7.08. The summed E-state index contributed by atoms with van der Waals surface area (Å²) >= 11 is 7.53. The first-order valence-electron chi connectivity index (χ1n) is 8.86. The number of aromatic nitrogens is 2. The van der Waals surface area contributed by atoms with Crippen molar-refractivity contribution in [1.82, 2.24) is 9.97 Å². The van der Waals surface area contributed by atoms with Crippen molar-refractivity contribution in [2.24, 2.45) is 0 Å². The van der Waals surface area contributed by atoms with Gasteiger partial charge in [0.25, 0.3) is 10.0 Å². The molecule has 4 rings (SSSR count). The van der Waals surface area contributed by atoms with Gasteiger partial charge in [0.1, 0.15) is 4.83 Å². The molecule has 0 bridgehead atoms. The number of nitrogens with one attached hydrogen (secondary N) is 1. The SMILES string of the molecule is Cc1cncc(-c2c(C)sc3nc(C)cc(NS(=O)(=O)c4cccc(Cl)c4)c23)c1. The van der Waals surface area contributed by atoms with E-state index in [2.05, 4.69) is 14.7 Å². The molecule has 0 spiro atoms. The molecule has 3 aromatic heterocycles. The molecule has 1 N–H and O–H groups in total.